The maximum Gasteiger partial charge on any atom is 0.332 e. The third kappa shape index (κ3) is 2.73. The molecule has 2 heterocycles. The highest BCUT2D eigenvalue weighted by molar-refractivity contribution is 7.99. The molecule has 0 aromatic carbocycles. The Bertz CT molecular complexity index is 817. The summed E-state index contributed by atoms with van der Waals surface area (Å²) in [5.74, 6) is 0.183. The van der Waals surface area contributed by atoms with Gasteiger partial charge in [0.1, 0.15) is 6.61 Å². The SMILES string of the molecule is CC(=O)OCCSc1nc2c(=O)n(C)c(=O)n(C)c2n1C. The van der Waals surface area contributed by atoms with Crippen LogP contribution in [0.25, 0.3) is 11.2 Å². The van der Waals surface area contributed by atoms with Gasteiger partial charge in [-0.25, -0.2) is 9.78 Å². The Morgan fingerprint density at radius 1 is 1.19 bits per heavy atom. The summed E-state index contributed by atoms with van der Waals surface area (Å²) in [4.78, 5) is 39.0. The number of imidazole rings is 1. The summed E-state index contributed by atoms with van der Waals surface area (Å²) in [6.07, 6.45) is 0. The highest BCUT2D eigenvalue weighted by Crippen LogP contribution is 2.19. The second kappa shape index (κ2) is 5.76. The van der Waals surface area contributed by atoms with Gasteiger partial charge in [0, 0.05) is 33.8 Å². The number of rotatable bonds is 4. The van der Waals surface area contributed by atoms with E-state index in [4.69, 9.17) is 4.74 Å². The van der Waals surface area contributed by atoms with E-state index in [2.05, 4.69) is 4.98 Å². The number of hydrogen-bond acceptors (Lipinski definition) is 6. The van der Waals surface area contributed by atoms with Crippen molar-refractivity contribution in [2.45, 2.75) is 12.1 Å². The molecule has 0 atom stereocenters. The van der Waals surface area contributed by atoms with E-state index >= 15 is 0 Å². The van der Waals surface area contributed by atoms with Gasteiger partial charge in [-0.05, 0) is 0 Å². The Hall–Kier alpha value is -2.03. The van der Waals surface area contributed by atoms with Gasteiger partial charge in [-0.15, -0.1) is 0 Å². The van der Waals surface area contributed by atoms with E-state index in [1.54, 1.807) is 18.7 Å². The van der Waals surface area contributed by atoms with Crippen LogP contribution in [0.1, 0.15) is 6.92 Å². The fourth-order valence-corrected chi connectivity index (χ4v) is 2.79. The number of carbonyl (C=O) groups excluding carboxylic acids is 1. The van der Waals surface area contributed by atoms with E-state index in [0.717, 1.165) is 4.57 Å². The van der Waals surface area contributed by atoms with Gasteiger partial charge in [-0.3, -0.25) is 18.7 Å². The maximum atomic E-state index is 12.1. The summed E-state index contributed by atoms with van der Waals surface area (Å²) >= 11 is 1.35. The van der Waals surface area contributed by atoms with Crippen molar-refractivity contribution in [3.8, 4) is 0 Å². The molecule has 8 nitrogen and oxygen atoms in total. The summed E-state index contributed by atoms with van der Waals surface area (Å²) in [6.45, 7) is 1.61. The highest BCUT2D eigenvalue weighted by Gasteiger charge is 2.16. The monoisotopic (exact) mass is 312 g/mol. The molecule has 0 aliphatic carbocycles. The molecule has 0 spiro atoms. The molecule has 0 unspecified atom stereocenters. The molecule has 2 aromatic heterocycles. The van der Waals surface area contributed by atoms with Crippen molar-refractivity contribution in [1.29, 1.82) is 0 Å². The number of hydrogen-bond donors (Lipinski definition) is 0. The fraction of sp³-hybridized carbons (Fsp3) is 0.500. The van der Waals surface area contributed by atoms with Gasteiger partial charge in [0.2, 0.25) is 0 Å². The van der Waals surface area contributed by atoms with E-state index in [1.165, 1.54) is 30.3 Å². The van der Waals surface area contributed by atoms with E-state index < -0.39 is 11.2 Å². The Labute approximate surface area is 124 Å². The molecule has 2 aromatic rings. The topological polar surface area (TPSA) is 88.1 Å². The van der Waals surface area contributed by atoms with Crippen LogP contribution in [0, 0.1) is 0 Å². The standard InChI is InChI=1S/C12H16N4O4S/c1-7(17)20-5-6-21-11-13-8-9(14(11)2)15(3)12(19)16(4)10(8)18/h5-6H2,1-4H3. The molecular weight excluding hydrogens is 296 g/mol. The average Bonchev–Trinajstić information content (AvgIpc) is 2.76. The molecule has 0 radical (unpaired) electrons. The first kappa shape index (κ1) is 15.4. The molecule has 0 fully saturated rings. The van der Waals surface area contributed by atoms with Crippen LogP contribution in [0.2, 0.25) is 0 Å². The maximum absolute atomic E-state index is 12.1. The van der Waals surface area contributed by atoms with Gasteiger partial charge in [0.15, 0.2) is 16.3 Å². The first-order chi connectivity index (χ1) is 9.84. The number of thioether (sulfide) groups is 1. The van der Waals surface area contributed by atoms with Gasteiger partial charge >= 0.3 is 11.7 Å². The Kier molecular flexibility index (Phi) is 4.21. The van der Waals surface area contributed by atoms with E-state index in [0.29, 0.717) is 16.6 Å². The zero-order valence-electron chi connectivity index (χ0n) is 12.2. The normalized spacial score (nSPS) is 11.0. The second-order valence-electron chi connectivity index (χ2n) is 4.52. The summed E-state index contributed by atoms with van der Waals surface area (Å²) in [7, 11) is 4.76. The van der Waals surface area contributed by atoms with E-state index in [-0.39, 0.29) is 18.1 Å². The number of nitrogens with zero attached hydrogens (tertiary/aromatic N) is 4. The van der Waals surface area contributed by atoms with Crippen molar-refractivity contribution in [2.75, 3.05) is 12.4 Å². The lowest BCUT2D eigenvalue weighted by molar-refractivity contribution is -0.140. The third-order valence-electron chi connectivity index (χ3n) is 3.04. The molecule has 114 valence electrons. The van der Waals surface area contributed by atoms with Crippen LogP contribution in [0.15, 0.2) is 14.7 Å². The minimum atomic E-state index is -0.421. The number of fused-ring (bicyclic) bond motifs is 1. The van der Waals surface area contributed by atoms with Gasteiger partial charge < -0.3 is 9.30 Å². The minimum Gasteiger partial charge on any atom is -0.465 e. The smallest absolute Gasteiger partial charge is 0.332 e. The first-order valence-corrected chi connectivity index (χ1v) is 7.21. The zero-order chi connectivity index (χ0) is 15.7. The molecule has 0 aliphatic rings. The molecular formula is C12H16N4O4S. The average molecular weight is 312 g/mol. The molecule has 0 aliphatic heterocycles. The molecule has 0 saturated carbocycles. The van der Waals surface area contributed by atoms with Crippen molar-refractivity contribution in [1.82, 2.24) is 18.7 Å². The van der Waals surface area contributed by atoms with Crippen LogP contribution in [0.5, 0.6) is 0 Å². The number of ether oxygens (including phenoxy) is 1. The third-order valence-corrected chi connectivity index (χ3v) is 4.04. The van der Waals surface area contributed by atoms with E-state index in [9.17, 15) is 14.4 Å². The lowest BCUT2D eigenvalue weighted by Crippen LogP contribution is -2.37. The Morgan fingerprint density at radius 2 is 1.86 bits per heavy atom. The first-order valence-electron chi connectivity index (χ1n) is 6.23. The predicted octanol–water partition coefficient (Wildman–Crippen LogP) is -0.374. The Balaban J connectivity index is 2.40. The van der Waals surface area contributed by atoms with Crippen molar-refractivity contribution in [3.63, 3.8) is 0 Å². The van der Waals surface area contributed by atoms with E-state index in [1.807, 2.05) is 0 Å². The van der Waals surface area contributed by atoms with Crippen LogP contribution in [-0.2, 0) is 30.7 Å². The van der Waals surface area contributed by atoms with Crippen molar-refractivity contribution < 1.29 is 9.53 Å². The molecule has 21 heavy (non-hydrogen) atoms. The second-order valence-corrected chi connectivity index (χ2v) is 5.58. The van der Waals surface area contributed by atoms with Crippen molar-refractivity contribution in [3.05, 3.63) is 20.8 Å². The van der Waals surface area contributed by atoms with Crippen molar-refractivity contribution >= 4 is 28.9 Å². The van der Waals surface area contributed by atoms with Crippen LogP contribution in [0.3, 0.4) is 0 Å². The van der Waals surface area contributed by atoms with Crippen molar-refractivity contribution in [2.24, 2.45) is 21.1 Å². The number of aryl methyl sites for hydroxylation is 2. The fourth-order valence-electron chi connectivity index (χ4n) is 2.01. The highest BCUT2D eigenvalue weighted by atomic mass is 32.2. The number of aromatic nitrogens is 4. The molecule has 0 saturated heterocycles. The zero-order valence-corrected chi connectivity index (χ0v) is 13.1. The molecule has 9 heteroatoms. The number of carbonyl (C=O) groups is 1. The summed E-state index contributed by atoms with van der Waals surface area (Å²) in [5, 5.41) is 0.593. The number of esters is 1. The van der Waals surface area contributed by atoms with Gasteiger partial charge in [0.25, 0.3) is 5.56 Å². The van der Waals surface area contributed by atoms with Crippen LogP contribution < -0.4 is 11.2 Å². The largest absolute Gasteiger partial charge is 0.465 e. The molecule has 0 bridgehead atoms. The quantitative estimate of drug-likeness (QED) is 0.435. The summed E-state index contributed by atoms with van der Waals surface area (Å²) in [5.41, 5.74) is -0.0994. The van der Waals surface area contributed by atoms with Gasteiger partial charge in [-0.2, -0.15) is 0 Å². The summed E-state index contributed by atoms with van der Waals surface area (Å²) < 4.78 is 8.96. The minimum absolute atomic E-state index is 0.247. The summed E-state index contributed by atoms with van der Waals surface area (Å²) in [6, 6.07) is 0. The molecule has 0 N–H and O–H groups in total. The van der Waals surface area contributed by atoms with Gasteiger partial charge in [0.05, 0.1) is 0 Å². The van der Waals surface area contributed by atoms with Gasteiger partial charge in [-0.1, -0.05) is 11.8 Å². The lowest BCUT2D eigenvalue weighted by Gasteiger charge is -2.06. The molecule has 0 amide bonds. The van der Waals surface area contributed by atoms with Crippen LogP contribution in [0.4, 0.5) is 0 Å². The lowest BCUT2D eigenvalue weighted by atomic mass is 10.5. The van der Waals surface area contributed by atoms with Crippen LogP contribution in [-0.4, -0.2) is 37.0 Å². The van der Waals surface area contributed by atoms with Crippen LogP contribution >= 0.6 is 11.8 Å². The Morgan fingerprint density at radius 3 is 2.48 bits per heavy atom. The molecule has 2 rings (SSSR count). The predicted molar refractivity (Wildman–Crippen MR) is 78.6 cm³/mol.